The van der Waals surface area contributed by atoms with Crippen molar-refractivity contribution in [3.8, 4) is 11.5 Å². The summed E-state index contributed by atoms with van der Waals surface area (Å²) in [4.78, 5) is 10.6. The van der Waals surface area contributed by atoms with Crippen LogP contribution in [0, 0.1) is 17.0 Å². The van der Waals surface area contributed by atoms with Crippen LogP contribution in [-0.4, -0.2) is 10.0 Å². The fourth-order valence-electron chi connectivity index (χ4n) is 1.83. The molecule has 2 aromatic rings. The molecule has 21 heavy (non-hydrogen) atoms. The summed E-state index contributed by atoms with van der Waals surface area (Å²) in [6.45, 7) is 3.41. The lowest BCUT2D eigenvalue weighted by Crippen LogP contribution is -1.98. The molecule has 0 saturated heterocycles. The maximum atomic E-state index is 11.1. The Morgan fingerprint density at radius 3 is 2.57 bits per heavy atom. The summed E-state index contributed by atoms with van der Waals surface area (Å²) in [6.07, 6.45) is -0.791. The van der Waals surface area contributed by atoms with Gasteiger partial charge >= 0.3 is 5.69 Å². The van der Waals surface area contributed by atoms with Gasteiger partial charge in [0.05, 0.1) is 16.0 Å². The number of aliphatic hydroxyl groups excluding tert-OH is 1. The molecule has 0 fully saturated rings. The van der Waals surface area contributed by atoms with Crippen LogP contribution in [0.25, 0.3) is 0 Å². The standard InChI is InChI=1S/C15H14ClNO4/c1-9-3-5-12(16)15(7-9)21-14-6-4-11(10(2)18)8-13(14)17(19)20/h3-8,10,18H,1-2H3/t10-/m1/s1. The molecule has 5 nitrogen and oxygen atoms in total. The summed E-state index contributed by atoms with van der Waals surface area (Å²) in [6, 6.07) is 9.52. The fourth-order valence-corrected chi connectivity index (χ4v) is 1.99. The number of nitrogens with zero attached hydrogens (tertiary/aromatic N) is 1. The predicted octanol–water partition coefficient (Wildman–Crippen LogP) is 4.40. The number of aliphatic hydroxyl groups is 1. The van der Waals surface area contributed by atoms with Crippen molar-refractivity contribution in [2.24, 2.45) is 0 Å². The average Bonchev–Trinajstić information content (AvgIpc) is 2.42. The van der Waals surface area contributed by atoms with E-state index in [1.807, 2.05) is 13.0 Å². The maximum Gasteiger partial charge on any atom is 0.311 e. The van der Waals surface area contributed by atoms with Gasteiger partial charge in [0.2, 0.25) is 5.75 Å². The summed E-state index contributed by atoms with van der Waals surface area (Å²) >= 11 is 6.02. The zero-order valence-corrected chi connectivity index (χ0v) is 12.3. The summed E-state index contributed by atoms with van der Waals surface area (Å²) in [5, 5.41) is 21.0. The molecule has 0 amide bonds. The van der Waals surface area contributed by atoms with Gasteiger partial charge in [-0.05, 0) is 43.2 Å². The first-order chi connectivity index (χ1) is 9.88. The molecule has 0 heterocycles. The van der Waals surface area contributed by atoms with Gasteiger partial charge in [-0.3, -0.25) is 10.1 Å². The van der Waals surface area contributed by atoms with Crippen LogP contribution >= 0.6 is 11.6 Å². The fraction of sp³-hybridized carbons (Fsp3) is 0.200. The molecule has 1 N–H and O–H groups in total. The van der Waals surface area contributed by atoms with E-state index in [0.29, 0.717) is 16.3 Å². The second-order valence-electron chi connectivity index (χ2n) is 4.70. The molecular weight excluding hydrogens is 294 g/mol. The SMILES string of the molecule is Cc1ccc(Cl)c(Oc2ccc([C@@H](C)O)cc2[N+](=O)[O-])c1. The Morgan fingerprint density at radius 1 is 1.24 bits per heavy atom. The first kappa shape index (κ1) is 15.3. The van der Waals surface area contributed by atoms with E-state index in [4.69, 9.17) is 16.3 Å². The summed E-state index contributed by atoms with van der Waals surface area (Å²) in [5.41, 5.74) is 1.16. The number of benzene rings is 2. The van der Waals surface area contributed by atoms with Crippen molar-refractivity contribution < 1.29 is 14.8 Å². The molecule has 0 bridgehead atoms. The Hall–Kier alpha value is -2.11. The van der Waals surface area contributed by atoms with Gasteiger partial charge < -0.3 is 9.84 Å². The van der Waals surface area contributed by atoms with E-state index in [0.717, 1.165) is 5.56 Å². The highest BCUT2D eigenvalue weighted by Crippen LogP contribution is 2.36. The molecule has 0 aliphatic heterocycles. The molecule has 2 aromatic carbocycles. The monoisotopic (exact) mass is 307 g/mol. The first-order valence-corrected chi connectivity index (χ1v) is 6.66. The molecule has 0 aliphatic rings. The van der Waals surface area contributed by atoms with Crippen LogP contribution in [0.4, 0.5) is 5.69 Å². The number of hydrogen-bond acceptors (Lipinski definition) is 4. The molecule has 2 rings (SSSR count). The molecule has 0 unspecified atom stereocenters. The van der Waals surface area contributed by atoms with Crippen LogP contribution in [0.2, 0.25) is 5.02 Å². The predicted molar refractivity (Wildman–Crippen MR) is 80.0 cm³/mol. The Bertz CT molecular complexity index is 685. The van der Waals surface area contributed by atoms with E-state index in [2.05, 4.69) is 0 Å². The summed E-state index contributed by atoms with van der Waals surface area (Å²) < 4.78 is 5.56. The van der Waals surface area contributed by atoms with E-state index in [1.165, 1.54) is 19.1 Å². The van der Waals surface area contributed by atoms with E-state index >= 15 is 0 Å². The number of hydrogen-bond donors (Lipinski definition) is 1. The third kappa shape index (κ3) is 3.51. The number of ether oxygens (including phenoxy) is 1. The summed E-state index contributed by atoms with van der Waals surface area (Å²) in [5.74, 6) is 0.432. The van der Waals surface area contributed by atoms with Gasteiger partial charge in [0, 0.05) is 6.07 Å². The van der Waals surface area contributed by atoms with Gasteiger partial charge in [0.25, 0.3) is 0 Å². The lowest BCUT2D eigenvalue weighted by Gasteiger charge is -2.11. The van der Waals surface area contributed by atoms with Crippen molar-refractivity contribution in [1.82, 2.24) is 0 Å². The number of halogens is 1. The Kier molecular flexibility index (Phi) is 4.45. The topological polar surface area (TPSA) is 72.6 Å². The lowest BCUT2D eigenvalue weighted by molar-refractivity contribution is -0.385. The van der Waals surface area contributed by atoms with Crippen LogP contribution in [-0.2, 0) is 0 Å². The zero-order chi connectivity index (χ0) is 15.6. The highest BCUT2D eigenvalue weighted by Gasteiger charge is 2.19. The minimum absolute atomic E-state index is 0.0805. The van der Waals surface area contributed by atoms with Crippen LogP contribution < -0.4 is 4.74 Å². The number of rotatable bonds is 4. The van der Waals surface area contributed by atoms with E-state index in [1.54, 1.807) is 18.2 Å². The zero-order valence-electron chi connectivity index (χ0n) is 11.5. The second kappa shape index (κ2) is 6.11. The van der Waals surface area contributed by atoms with Crippen molar-refractivity contribution in [1.29, 1.82) is 0 Å². The van der Waals surface area contributed by atoms with Gasteiger partial charge in [-0.2, -0.15) is 0 Å². The largest absolute Gasteiger partial charge is 0.449 e. The van der Waals surface area contributed by atoms with Gasteiger partial charge in [0.1, 0.15) is 5.75 Å². The molecule has 0 aliphatic carbocycles. The average molecular weight is 308 g/mol. The van der Waals surface area contributed by atoms with Crippen molar-refractivity contribution in [2.75, 3.05) is 0 Å². The van der Waals surface area contributed by atoms with Crippen molar-refractivity contribution in [3.05, 3.63) is 62.7 Å². The van der Waals surface area contributed by atoms with Gasteiger partial charge in [-0.1, -0.05) is 23.7 Å². The molecule has 110 valence electrons. The Morgan fingerprint density at radius 2 is 1.95 bits per heavy atom. The van der Waals surface area contributed by atoms with E-state index in [-0.39, 0.29) is 11.4 Å². The highest BCUT2D eigenvalue weighted by atomic mass is 35.5. The number of nitro benzene ring substituents is 1. The van der Waals surface area contributed by atoms with Crippen molar-refractivity contribution in [3.63, 3.8) is 0 Å². The molecule has 6 heteroatoms. The molecular formula is C15H14ClNO4. The Labute approximate surface area is 126 Å². The quantitative estimate of drug-likeness (QED) is 0.671. The summed E-state index contributed by atoms with van der Waals surface area (Å²) in [7, 11) is 0. The minimum Gasteiger partial charge on any atom is -0.449 e. The number of aryl methyl sites for hydroxylation is 1. The van der Waals surface area contributed by atoms with E-state index < -0.39 is 11.0 Å². The third-order valence-corrected chi connectivity index (χ3v) is 3.28. The van der Waals surface area contributed by atoms with Gasteiger partial charge in [-0.15, -0.1) is 0 Å². The molecule has 1 atom stereocenters. The normalized spacial score (nSPS) is 12.0. The number of nitro groups is 1. The second-order valence-corrected chi connectivity index (χ2v) is 5.10. The van der Waals surface area contributed by atoms with Crippen molar-refractivity contribution in [2.45, 2.75) is 20.0 Å². The molecule has 0 aromatic heterocycles. The molecule has 0 spiro atoms. The Balaban J connectivity index is 2.44. The van der Waals surface area contributed by atoms with Crippen LogP contribution in [0.15, 0.2) is 36.4 Å². The van der Waals surface area contributed by atoms with Crippen molar-refractivity contribution >= 4 is 17.3 Å². The molecule has 0 saturated carbocycles. The first-order valence-electron chi connectivity index (χ1n) is 6.29. The maximum absolute atomic E-state index is 11.1. The highest BCUT2D eigenvalue weighted by molar-refractivity contribution is 6.32. The lowest BCUT2D eigenvalue weighted by atomic mass is 10.1. The smallest absolute Gasteiger partial charge is 0.311 e. The van der Waals surface area contributed by atoms with Crippen LogP contribution in [0.3, 0.4) is 0 Å². The molecule has 0 radical (unpaired) electrons. The van der Waals surface area contributed by atoms with Crippen LogP contribution in [0.1, 0.15) is 24.2 Å². The van der Waals surface area contributed by atoms with E-state index in [9.17, 15) is 15.2 Å². The minimum atomic E-state index is -0.791. The van der Waals surface area contributed by atoms with Crippen LogP contribution in [0.5, 0.6) is 11.5 Å². The van der Waals surface area contributed by atoms with Gasteiger partial charge in [-0.25, -0.2) is 0 Å². The third-order valence-electron chi connectivity index (χ3n) is 2.97. The van der Waals surface area contributed by atoms with Gasteiger partial charge in [0.15, 0.2) is 0 Å².